The van der Waals surface area contributed by atoms with Crippen LogP contribution in [0.2, 0.25) is 0 Å². The van der Waals surface area contributed by atoms with Gasteiger partial charge in [-0.15, -0.1) is 0 Å². The third kappa shape index (κ3) is 4.53. The van der Waals surface area contributed by atoms with E-state index in [1.165, 1.54) is 38.5 Å². The van der Waals surface area contributed by atoms with Crippen molar-refractivity contribution in [3.63, 3.8) is 0 Å². The first-order valence-electron chi connectivity index (χ1n) is 10.1. The first kappa shape index (κ1) is 19.1. The zero-order chi connectivity index (χ0) is 18.6. The molecule has 2 saturated heterocycles. The smallest absolute Gasteiger partial charge is 0.254 e. The first-order valence-corrected chi connectivity index (χ1v) is 10.1. The van der Waals surface area contributed by atoms with Gasteiger partial charge in [0.1, 0.15) is 0 Å². The summed E-state index contributed by atoms with van der Waals surface area (Å²) in [6, 6.07) is 0. The van der Waals surface area contributed by atoms with Crippen LogP contribution in [0.1, 0.15) is 68.4 Å². The van der Waals surface area contributed by atoms with Crippen LogP contribution in [-0.4, -0.2) is 59.0 Å². The Balaban J connectivity index is 1.60. The molecule has 1 aromatic heterocycles. The highest BCUT2D eigenvalue weighted by Gasteiger charge is 2.28. The molecule has 3 rings (SSSR count). The molecule has 6 nitrogen and oxygen atoms in total. The van der Waals surface area contributed by atoms with Crippen LogP contribution in [0.15, 0.2) is 6.20 Å². The Morgan fingerprint density at radius 3 is 2.31 bits per heavy atom. The summed E-state index contributed by atoms with van der Waals surface area (Å²) in [4.78, 5) is 26.4. The predicted molar refractivity (Wildman–Crippen MR) is 105 cm³/mol. The molecule has 1 aromatic rings. The van der Waals surface area contributed by atoms with Gasteiger partial charge in [0.25, 0.3) is 5.91 Å². The van der Waals surface area contributed by atoms with E-state index in [-0.39, 0.29) is 11.4 Å². The number of carbonyl (C=O) groups is 1. The average molecular weight is 360 g/mol. The van der Waals surface area contributed by atoms with E-state index in [1.54, 1.807) is 6.20 Å². The number of hydrogen-bond acceptors (Lipinski definition) is 5. The molecule has 26 heavy (non-hydrogen) atoms. The number of likely N-dealkylation sites (tertiary alicyclic amines) is 1. The molecule has 0 aromatic carbocycles. The van der Waals surface area contributed by atoms with Crippen LogP contribution < -0.4 is 10.2 Å². The Kier molecular flexibility index (Phi) is 6.12. The molecule has 2 fully saturated rings. The lowest BCUT2D eigenvalue weighted by molar-refractivity contribution is 0.0796. The lowest BCUT2D eigenvalue weighted by Crippen LogP contribution is -2.53. The van der Waals surface area contributed by atoms with Gasteiger partial charge in [-0.3, -0.25) is 9.69 Å². The van der Waals surface area contributed by atoms with Crippen LogP contribution in [0, 0.1) is 6.92 Å². The van der Waals surface area contributed by atoms with E-state index in [4.69, 9.17) is 0 Å². The molecule has 0 saturated carbocycles. The van der Waals surface area contributed by atoms with Crippen molar-refractivity contribution in [3.8, 4) is 0 Å². The van der Waals surface area contributed by atoms with Gasteiger partial charge >= 0.3 is 0 Å². The number of hydrogen-bond donors (Lipinski definition) is 1. The third-order valence-corrected chi connectivity index (χ3v) is 5.74. The maximum absolute atomic E-state index is 12.7. The fourth-order valence-electron chi connectivity index (χ4n) is 3.93. The van der Waals surface area contributed by atoms with Gasteiger partial charge in [0.2, 0.25) is 5.95 Å². The van der Waals surface area contributed by atoms with Gasteiger partial charge in [-0.1, -0.05) is 6.42 Å². The van der Waals surface area contributed by atoms with Gasteiger partial charge in [0, 0.05) is 31.4 Å². The van der Waals surface area contributed by atoms with Crippen LogP contribution in [0.25, 0.3) is 0 Å². The number of carbonyl (C=O) groups excluding carboxylic acids is 1. The number of aromatic nitrogens is 2. The van der Waals surface area contributed by atoms with E-state index >= 15 is 0 Å². The van der Waals surface area contributed by atoms with Crippen molar-refractivity contribution in [1.29, 1.82) is 0 Å². The summed E-state index contributed by atoms with van der Waals surface area (Å²) in [6.07, 6.45) is 9.17. The zero-order valence-electron chi connectivity index (χ0n) is 16.6. The minimum atomic E-state index is -0.0715. The highest BCUT2D eigenvalue weighted by atomic mass is 16.1. The number of piperidine rings is 2. The molecule has 0 bridgehead atoms. The summed E-state index contributed by atoms with van der Waals surface area (Å²) in [5.41, 5.74) is 1.31. The predicted octanol–water partition coefficient (Wildman–Crippen LogP) is 2.77. The van der Waals surface area contributed by atoms with Crippen molar-refractivity contribution in [2.45, 2.75) is 64.8 Å². The Bertz CT molecular complexity index is 619. The largest absolute Gasteiger partial charge is 0.350 e. The van der Waals surface area contributed by atoms with Gasteiger partial charge in [0.15, 0.2) is 0 Å². The second-order valence-corrected chi connectivity index (χ2v) is 8.26. The normalized spacial score (nSPS) is 19.4. The summed E-state index contributed by atoms with van der Waals surface area (Å²) in [6.45, 7) is 11.2. The fourth-order valence-corrected chi connectivity index (χ4v) is 3.93. The summed E-state index contributed by atoms with van der Waals surface area (Å²) >= 11 is 0. The minimum absolute atomic E-state index is 0.0292. The maximum Gasteiger partial charge on any atom is 0.254 e. The number of aryl methyl sites for hydroxylation is 1. The van der Waals surface area contributed by atoms with Gasteiger partial charge in [-0.2, -0.15) is 0 Å². The second-order valence-electron chi connectivity index (χ2n) is 8.26. The SMILES string of the molecule is Cc1nc(N2CCCCC2)ncc1C(=O)NCC(C)(C)N1CCCCC1. The first-order chi connectivity index (χ1) is 12.5. The lowest BCUT2D eigenvalue weighted by Gasteiger charge is -2.41. The molecule has 6 heteroatoms. The summed E-state index contributed by atoms with van der Waals surface area (Å²) in [5, 5.41) is 3.10. The zero-order valence-corrected chi connectivity index (χ0v) is 16.6. The lowest BCUT2D eigenvalue weighted by atomic mass is 9.98. The second kappa shape index (κ2) is 8.33. The molecule has 1 N–H and O–H groups in total. The number of rotatable bonds is 5. The van der Waals surface area contributed by atoms with Crippen LogP contribution in [0.4, 0.5) is 5.95 Å². The molecule has 3 heterocycles. The van der Waals surface area contributed by atoms with Crippen molar-refractivity contribution >= 4 is 11.9 Å². The summed E-state index contributed by atoms with van der Waals surface area (Å²) in [5.74, 6) is 0.685. The van der Waals surface area contributed by atoms with Crippen LogP contribution in [0.3, 0.4) is 0 Å². The molecule has 0 aliphatic carbocycles. The Hall–Kier alpha value is -1.69. The number of nitrogens with zero attached hydrogens (tertiary/aromatic N) is 4. The van der Waals surface area contributed by atoms with E-state index in [1.807, 2.05) is 6.92 Å². The van der Waals surface area contributed by atoms with Crippen molar-refractivity contribution in [3.05, 3.63) is 17.5 Å². The number of amides is 1. The van der Waals surface area contributed by atoms with E-state index in [0.29, 0.717) is 12.1 Å². The standard InChI is InChI=1S/C20H33N5O/c1-16-17(14-21-19(23-16)24-10-6-4-7-11-24)18(26)22-15-20(2,3)25-12-8-5-9-13-25/h14H,4-13,15H2,1-3H3,(H,22,26). The van der Waals surface area contributed by atoms with Crippen LogP contribution in [-0.2, 0) is 0 Å². The molecule has 0 radical (unpaired) electrons. The average Bonchev–Trinajstić information content (AvgIpc) is 2.67. The van der Waals surface area contributed by atoms with Crippen molar-refractivity contribution in [2.75, 3.05) is 37.6 Å². The molecule has 2 aliphatic heterocycles. The third-order valence-electron chi connectivity index (χ3n) is 5.74. The van der Waals surface area contributed by atoms with E-state index in [2.05, 4.69) is 38.9 Å². The van der Waals surface area contributed by atoms with Crippen LogP contribution >= 0.6 is 0 Å². The topological polar surface area (TPSA) is 61.4 Å². The Morgan fingerprint density at radius 1 is 1.08 bits per heavy atom. The summed E-state index contributed by atoms with van der Waals surface area (Å²) < 4.78 is 0. The van der Waals surface area contributed by atoms with Gasteiger partial charge in [-0.25, -0.2) is 9.97 Å². The van der Waals surface area contributed by atoms with Crippen molar-refractivity contribution < 1.29 is 4.79 Å². The van der Waals surface area contributed by atoms with Crippen molar-refractivity contribution in [1.82, 2.24) is 20.2 Å². The maximum atomic E-state index is 12.7. The van der Waals surface area contributed by atoms with E-state index in [9.17, 15) is 4.79 Å². The molecule has 2 aliphatic rings. The van der Waals surface area contributed by atoms with Crippen molar-refractivity contribution in [2.24, 2.45) is 0 Å². The molecule has 1 amide bonds. The highest BCUT2D eigenvalue weighted by Crippen LogP contribution is 2.20. The quantitative estimate of drug-likeness (QED) is 0.876. The molecule has 0 unspecified atom stereocenters. The van der Waals surface area contributed by atoms with Crippen LogP contribution in [0.5, 0.6) is 0 Å². The fraction of sp³-hybridized carbons (Fsp3) is 0.750. The van der Waals surface area contributed by atoms with Gasteiger partial charge in [-0.05, 0) is 66.0 Å². The monoisotopic (exact) mass is 359 g/mol. The summed E-state index contributed by atoms with van der Waals surface area (Å²) in [7, 11) is 0. The number of nitrogens with one attached hydrogen (secondary N) is 1. The van der Waals surface area contributed by atoms with E-state index in [0.717, 1.165) is 37.8 Å². The molecular weight excluding hydrogens is 326 g/mol. The molecule has 144 valence electrons. The minimum Gasteiger partial charge on any atom is -0.350 e. The Morgan fingerprint density at radius 2 is 1.69 bits per heavy atom. The molecule has 0 spiro atoms. The Labute approximate surface area is 157 Å². The van der Waals surface area contributed by atoms with Gasteiger partial charge in [0.05, 0.1) is 11.3 Å². The number of anilines is 1. The van der Waals surface area contributed by atoms with E-state index < -0.39 is 0 Å². The highest BCUT2D eigenvalue weighted by molar-refractivity contribution is 5.95. The molecular formula is C20H33N5O. The van der Waals surface area contributed by atoms with Gasteiger partial charge < -0.3 is 10.2 Å². The molecule has 0 atom stereocenters.